The zero-order valence-corrected chi connectivity index (χ0v) is 11.2. The van der Waals surface area contributed by atoms with Crippen molar-refractivity contribution < 1.29 is 4.79 Å². The third-order valence-electron chi connectivity index (χ3n) is 3.11. The van der Waals surface area contributed by atoms with Crippen molar-refractivity contribution in [3.05, 3.63) is 11.0 Å². The smallest absolute Gasteiger partial charge is 0.224 e. The molecule has 2 rings (SSSR count). The Morgan fingerprint density at radius 3 is 2.44 bits per heavy atom. The molecule has 2 N–H and O–H groups in total. The van der Waals surface area contributed by atoms with Gasteiger partial charge >= 0.3 is 0 Å². The molecule has 2 heterocycles. The van der Waals surface area contributed by atoms with Crippen molar-refractivity contribution in [3.63, 3.8) is 0 Å². The summed E-state index contributed by atoms with van der Waals surface area (Å²) in [5, 5.41) is 0.200. The minimum atomic E-state index is 0.0968. The second kappa shape index (κ2) is 4.97. The van der Waals surface area contributed by atoms with Gasteiger partial charge in [0.25, 0.3) is 0 Å². The minimum absolute atomic E-state index is 0.0968. The van der Waals surface area contributed by atoms with Gasteiger partial charge in [0.05, 0.1) is 11.4 Å². The molecule has 18 heavy (non-hydrogen) atoms. The van der Waals surface area contributed by atoms with Crippen molar-refractivity contribution in [2.75, 3.05) is 36.8 Å². The summed E-state index contributed by atoms with van der Waals surface area (Å²) in [6.45, 7) is 6.14. The maximum Gasteiger partial charge on any atom is 0.224 e. The zero-order valence-electron chi connectivity index (χ0n) is 10.5. The summed E-state index contributed by atoms with van der Waals surface area (Å²) in [4.78, 5) is 23.3. The summed E-state index contributed by atoms with van der Waals surface area (Å²) in [6.07, 6.45) is 0. The molecule has 7 heteroatoms. The molecule has 1 saturated heterocycles. The first-order valence-electron chi connectivity index (χ1n) is 5.79. The molecule has 0 bridgehead atoms. The maximum atomic E-state index is 11.3. The lowest BCUT2D eigenvalue weighted by molar-refractivity contribution is -0.129. The van der Waals surface area contributed by atoms with E-state index in [0.29, 0.717) is 43.4 Å². The Balaban J connectivity index is 2.17. The lowest BCUT2D eigenvalue weighted by Crippen LogP contribution is -2.48. The number of rotatable bonds is 1. The number of nitrogens with zero attached hydrogens (tertiary/aromatic N) is 4. The third-order valence-corrected chi connectivity index (χ3v) is 3.28. The number of carbonyl (C=O) groups excluding carboxylic acids is 1. The fourth-order valence-electron chi connectivity index (χ4n) is 2.01. The van der Waals surface area contributed by atoms with E-state index in [2.05, 4.69) is 9.97 Å². The van der Waals surface area contributed by atoms with Gasteiger partial charge in [-0.2, -0.15) is 4.98 Å². The number of hydrogen-bond acceptors (Lipinski definition) is 5. The van der Waals surface area contributed by atoms with Gasteiger partial charge in [0, 0.05) is 33.1 Å². The van der Waals surface area contributed by atoms with Gasteiger partial charge < -0.3 is 15.5 Å². The van der Waals surface area contributed by atoms with Crippen LogP contribution in [0.15, 0.2) is 0 Å². The summed E-state index contributed by atoms with van der Waals surface area (Å²) >= 11 is 5.85. The monoisotopic (exact) mass is 269 g/mol. The standard InChI is InChI=1S/C11H16ClN5O/c1-7-9(13)10(15-11(12)14-7)17-5-3-16(4-6-17)8(2)18/h3-6,13H2,1-2H3. The van der Waals surface area contributed by atoms with Crippen molar-refractivity contribution in [1.82, 2.24) is 14.9 Å². The van der Waals surface area contributed by atoms with Crippen molar-refractivity contribution in [1.29, 1.82) is 0 Å². The normalized spacial score (nSPS) is 15.9. The van der Waals surface area contributed by atoms with Crippen LogP contribution in [-0.4, -0.2) is 47.0 Å². The number of aromatic nitrogens is 2. The number of nitrogen functional groups attached to an aromatic ring is 1. The van der Waals surface area contributed by atoms with Crippen molar-refractivity contribution in [2.24, 2.45) is 0 Å². The van der Waals surface area contributed by atoms with Crippen molar-refractivity contribution in [3.8, 4) is 0 Å². The first kappa shape index (κ1) is 12.9. The van der Waals surface area contributed by atoms with E-state index >= 15 is 0 Å². The van der Waals surface area contributed by atoms with Gasteiger partial charge in [-0.15, -0.1) is 0 Å². The Hall–Kier alpha value is -1.56. The lowest BCUT2D eigenvalue weighted by Gasteiger charge is -2.35. The molecular formula is C11H16ClN5O. The van der Waals surface area contributed by atoms with E-state index < -0.39 is 0 Å². The van der Waals surface area contributed by atoms with Crippen molar-refractivity contribution in [2.45, 2.75) is 13.8 Å². The molecular weight excluding hydrogens is 254 g/mol. The van der Waals surface area contributed by atoms with Gasteiger partial charge in [-0.1, -0.05) is 0 Å². The highest BCUT2D eigenvalue weighted by Crippen LogP contribution is 2.25. The van der Waals surface area contributed by atoms with Gasteiger partial charge in [-0.05, 0) is 18.5 Å². The quantitative estimate of drug-likeness (QED) is 0.759. The Bertz CT molecular complexity index is 471. The molecule has 1 fully saturated rings. The Labute approximate surface area is 111 Å². The number of amides is 1. The summed E-state index contributed by atoms with van der Waals surface area (Å²) in [5.41, 5.74) is 7.20. The number of nitrogens with two attached hydrogens (primary N) is 1. The lowest BCUT2D eigenvalue weighted by atomic mass is 10.2. The second-order valence-corrected chi connectivity index (χ2v) is 4.65. The molecule has 0 spiro atoms. The van der Waals surface area contributed by atoms with Gasteiger partial charge in [0.2, 0.25) is 11.2 Å². The highest BCUT2D eigenvalue weighted by Gasteiger charge is 2.22. The first-order valence-corrected chi connectivity index (χ1v) is 6.17. The summed E-state index contributed by atoms with van der Waals surface area (Å²) in [6, 6.07) is 0. The molecule has 0 aromatic carbocycles. The van der Waals surface area contributed by atoms with E-state index in [1.807, 2.05) is 9.80 Å². The second-order valence-electron chi connectivity index (χ2n) is 4.31. The molecule has 6 nitrogen and oxygen atoms in total. The third kappa shape index (κ3) is 2.48. The van der Waals surface area contributed by atoms with Gasteiger partial charge in [-0.25, -0.2) is 4.98 Å². The number of carbonyl (C=O) groups is 1. The summed E-state index contributed by atoms with van der Waals surface area (Å²) < 4.78 is 0. The van der Waals surface area contributed by atoms with Crippen LogP contribution in [0.2, 0.25) is 5.28 Å². The Morgan fingerprint density at radius 1 is 1.28 bits per heavy atom. The molecule has 98 valence electrons. The highest BCUT2D eigenvalue weighted by molar-refractivity contribution is 6.28. The average molecular weight is 270 g/mol. The summed E-state index contributed by atoms with van der Waals surface area (Å²) in [7, 11) is 0. The molecule has 0 radical (unpaired) electrons. The van der Waals surface area contributed by atoms with Crippen LogP contribution in [0.3, 0.4) is 0 Å². The van der Waals surface area contributed by atoms with Crippen LogP contribution in [0.5, 0.6) is 0 Å². The minimum Gasteiger partial charge on any atom is -0.394 e. The Kier molecular flexibility index (Phi) is 3.56. The van der Waals surface area contributed by atoms with Gasteiger partial charge in [-0.3, -0.25) is 4.79 Å². The number of piperazine rings is 1. The molecule has 1 aliphatic rings. The summed E-state index contributed by atoms with van der Waals surface area (Å²) in [5.74, 6) is 0.759. The molecule has 1 aromatic heterocycles. The number of anilines is 2. The largest absolute Gasteiger partial charge is 0.394 e. The number of halogens is 1. The SMILES string of the molecule is CC(=O)N1CCN(c2nc(Cl)nc(C)c2N)CC1. The first-order chi connectivity index (χ1) is 8.49. The highest BCUT2D eigenvalue weighted by atomic mass is 35.5. The Morgan fingerprint density at radius 2 is 1.89 bits per heavy atom. The van der Waals surface area contributed by atoms with Crippen LogP contribution in [0, 0.1) is 6.92 Å². The van der Waals surface area contributed by atoms with E-state index in [-0.39, 0.29) is 11.2 Å². The fraction of sp³-hybridized carbons (Fsp3) is 0.545. The number of aryl methyl sites for hydroxylation is 1. The van der Waals surface area contributed by atoms with Crippen LogP contribution >= 0.6 is 11.6 Å². The molecule has 1 amide bonds. The van der Waals surface area contributed by atoms with Crippen LogP contribution in [0.25, 0.3) is 0 Å². The molecule has 0 atom stereocenters. The van der Waals surface area contributed by atoms with Crippen LogP contribution in [0.4, 0.5) is 11.5 Å². The van der Waals surface area contributed by atoms with Crippen LogP contribution in [0.1, 0.15) is 12.6 Å². The van der Waals surface area contributed by atoms with Crippen LogP contribution < -0.4 is 10.6 Å². The molecule has 0 saturated carbocycles. The molecule has 1 aliphatic heterocycles. The average Bonchev–Trinajstić information content (AvgIpc) is 2.34. The van der Waals surface area contributed by atoms with E-state index in [1.165, 1.54) is 0 Å². The maximum absolute atomic E-state index is 11.3. The van der Waals surface area contributed by atoms with Crippen molar-refractivity contribution >= 4 is 29.0 Å². The predicted molar refractivity (Wildman–Crippen MR) is 70.7 cm³/mol. The predicted octanol–water partition coefficient (Wildman–Crippen LogP) is 0.689. The van der Waals surface area contributed by atoms with E-state index in [1.54, 1.807) is 13.8 Å². The molecule has 0 aliphatic carbocycles. The zero-order chi connectivity index (χ0) is 13.3. The van der Waals surface area contributed by atoms with Gasteiger partial charge in [0.15, 0.2) is 5.82 Å². The van der Waals surface area contributed by atoms with E-state index in [4.69, 9.17) is 17.3 Å². The molecule has 0 unspecified atom stereocenters. The van der Waals surface area contributed by atoms with E-state index in [9.17, 15) is 4.79 Å². The van der Waals surface area contributed by atoms with Crippen LogP contribution in [-0.2, 0) is 4.79 Å². The molecule has 1 aromatic rings. The number of hydrogen-bond donors (Lipinski definition) is 1. The fourth-order valence-corrected chi connectivity index (χ4v) is 2.21. The van der Waals surface area contributed by atoms with E-state index in [0.717, 1.165) is 0 Å². The van der Waals surface area contributed by atoms with Gasteiger partial charge in [0.1, 0.15) is 0 Å². The topological polar surface area (TPSA) is 75.4 Å².